The van der Waals surface area contributed by atoms with Crippen LogP contribution in [-0.4, -0.2) is 10.2 Å². The van der Waals surface area contributed by atoms with Gasteiger partial charge in [0.2, 0.25) is 0 Å². The van der Waals surface area contributed by atoms with Gasteiger partial charge < -0.3 is 0 Å². The van der Waals surface area contributed by atoms with Crippen molar-refractivity contribution >= 4 is 11.1 Å². The molecule has 0 spiro atoms. The highest BCUT2D eigenvalue weighted by atomic mass is 15.1. The molecule has 0 fully saturated rings. The minimum atomic E-state index is 0.944. The summed E-state index contributed by atoms with van der Waals surface area (Å²) >= 11 is 0. The first-order chi connectivity index (χ1) is 10.7. The third-order valence-electron chi connectivity index (χ3n) is 4.04. The van der Waals surface area contributed by atoms with Gasteiger partial charge in [0.15, 0.2) is 0 Å². The lowest BCUT2D eigenvalue weighted by Crippen LogP contribution is -1.95. The highest BCUT2D eigenvalue weighted by Gasteiger charge is 2.14. The van der Waals surface area contributed by atoms with Crippen molar-refractivity contribution in [3.63, 3.8) is 0 Å². The molecule has 0 amide bonds. The van der Waals surface area contributed by atoms with Crippen LogP contribution in [0.3, 0.4) is 0 Å². The van der Waals surface area contributed by atoms with Gasteiger partial charge in [-0.3, -0.25) is 5.10 Å². The average Bonchev–Trinajstić information content (AvgIpc) is 2.90. The van der Waals surface area contributed by atoms with E-state index >= 15 is 0 Å². The summed E-state index contributed by atoms with van der Waals surface area (Å²) in [6.07, 6.45) is 9.16. The molecule has 0 aliphatic heterocycles. The Balaban J connectivity index is 1.91. The van der Waals surface area contributed by atoms with Crippen molar-refractivity contribution in [2.24, 2.45) is 0 Å². The molecule has 2 heteroatoms. The Morgan fingerprint density at radius 1 is 1.18 bits per heavy atom. The van der Waals surface area contributed by atoms with Gasteiger partial charge in [-0.05, 0) is 61.0 Å². The Hall–Kier alpha value is -2.35. The van der Waals surface area contributed by atoms with E-state index in [2.05, 4.69) is 65.3 Å². The number of aromatic amines is 1. The molecule has 1 N–H and O–H groups in total. The van der Waals surface area contributed by atoms with Crippen molar-refractivity contribution in [2.45, 2.75) is 32.6 Å². The second kappa shape index (κ2) is 6.61. The number of nitrogens with zero attached hydrogens (tertiary/aromatic N) is 1. The second-order valence-electron chi connectivity index (χ2n) is 5.89. The van der Waals surface area contributed by atoms with Crippen LogP contribution in [0.15, 0.2) is 60.7 Å². The lowest BCUT2D eigenvalue weighted by molar-refractivity contribution is 0.873. The van der Waals surface area contributed by atoms with Crippen LogP contribution < -0.4 is 0 Å². The summed E-state index contributed by atoms with van der Waals surface area (Å²) in [4.78, 5) is 0. The van der Waals surface area contributed by atoms with Crippen LogP contribution in [0.5, 0.6) is 0 Å². The Labute approximate surface area is 132 Å². The molecule has 0 saturated heterocycles. The number of hydrogen-bond donors (Lipinski definition) is 1. The van der Waals surface area contributed by atoms with E-state index in [1.165, 1.54) is 23.1 Å². The topological polar surface area (TPSA) is 28.7 Å². The lowest BCUT2D eigenvalue weighted by Gasteiger charge is -2.10. The van der Waals surface area contributed by atoms with Crippen LogP contribution in [0, 0.1) is 0 Å². The van der Waals surface area contributed by atoms with Gasteiger partial charge in [0.25, 0.3) is 0 Å². The minimum absolute atomic E-state index is 0.944. The van der Waals surface area contributed by atoms with E-state index in [1.54, 1.807) is 0 Å². The zero-order valence-electron chi connectivity index (χ0n) is 13.1. The maximum Gasteiger partial charge on any atom is 0.0878 e. The predicted molar refractivity (Wildman–Crippen MR) is 93.4 cm³/mol. The SMILES string of the molecule is C=C(C)c1cc(C2=CCCCC=C2Cc2ccccc2)[nH]n1. The standard InChI is InChI=1S/C20H22N2/c1-15(2)19-14-20(22-21-19)18-12-8-4-7-11-17(18)13-16-9-5-3-6-10-16/h3,5-6,9-12,14H,1,4,7-8,13H2,2H3,(H,21,22). The van der Waals surface area contributed by atoms with E-state index in [4.69, 9.17) is 0 Å². The summed E-state index contributed by atoms with van der Waals surface area (Å²) in [5.74, 6) is 0. The summed E-state index contributed by atoms with van der Waals surface area (Å²) in [6.45, 7) is 5.96. The molecule has 3 rings (SSSR count). The largest absolute Gasteiger partial charge is 0.277 e. The molecule has 2 nitrogen and oxygen atoms in total. The van der Waals surface area contributed by atoms with Crippen molar-refractivity contribution in [3.8, 4) is 0 Å². The maximum atomic E-state index is 4.37. The van der Waals surface area contributed by atoms with Gasteiger partial charge in [0.05, 0.1) is 11.4 Å². The molecule has 0 saturated carbocycles. The summed E-state index contributed by atoms with van der Waals surface area (Å²) in [5, 5.41) is 7.55. The molecule has 2 aromatic rings. The van der Waals surface area contributed by atoms with Crippen LogP contribution in [0.4, 0.5) is 0 Å². The molecule has 1 aliphatic carbocycles. The first kappa shape index (κ1) is 14.6. The molecule has 22 heavy (non-hydrogen) atoms. The second-order valence-corrected chi connectivity index (χ2v) is 5.89. The van der Waals surface area contributed by atoms with Crippen LogP contribution in [-0.2, 0) is 6.42 Å². The highest BCUT2D eigenvalue weighted by molar-refractivity contribution is 5.79. The van der Waals surface area contributed by atoms with Gasteiger partial charge in [-0.15, -0.1) is 0 Å². The first-order valence-electron chi connectivity index (χ1n) is 7.89. The number of benzene rings is 1. The molecule has 1 heterocycles. The van der Waals surface area contributed by atoms with Crippen molar-refractivity contribution in [2.75, 3.05) is 0 Å². The van der Waals surface area contributed by atoms with E-state index < -0.39 is 0 Å². The molecular formula is C20H22N2. The fourth-order valence-electron chi connectivity index (χ4n) is 2.83. The highest BCUT2D eigenvalue weighted by Crippen LogP contribution is 2.30. The fraction of sp³-hybridized carbons (Fsp3) is 0.250. The first-order valence-corrected chi connectivity index (χ1v) is 7.89. The van der Waals surface area contributed by atoms with Crippen molar-refractivity contribution in [1.82, 2.24) is 10.2 Å². The summed E-state index contributed by atoms with van der Waals surface area (Å²) < 4.78 is 0. The molecule has 112 valence electrons. The molecule has 0 unspecified atom stereocenters. The number of allylic oxidation sites excluding steroid dienone is 5. The third-order valence-corrected chi connectivity index (χ3v) is 4.04. The van der Waals surface area contributed by atoms with Gasteiger partial charge in [0.1, 0.15) is 0 Å². The smallest absolute Gasteiger partial charge is 0.0878 e. The van der Waals surface area contributed by atoms with Crippen molar-refractivity contribution in [3.05, 3.63) is 77.7 Å². The Morgan fingerprint density at radius 3 is 2.68 bits per heavy atom. The average molecular weight is 290 g/mol. The van der Waals surface area contributed by atoms with E-state index in [9.17, 15) is 0 Å². The summed E-state index contributed by atoms with van der Waals surface area (Å²) in [5.41, 5.74) is 7.06. The zero-order chi connectivity index (χ0) is 15.4. The number of nitrogens with one attached hydrogen (secondary N) is 1. The number of H-pyrrole nitrogens is 1. The Bertz CT molecular complexity index is 717. The quantitative estimate of drug-likeness (QED) is 0.825. The van der Waals surface area contributed by atoms with Crippen LogP contribution >= 0.6 is 0 Å². The zero-order valence-corrected chi connectivity index (χ0v) is 13.1. The molecule has 0 atom stereocenters. The van der Waals surface area contributed by atoms with Crippen LogP contribution in [0.25, 0.3) is 11.1 Å². The van der Waals surface area contributed by atoms with Gasteiger partial charge in [-0.1, -0.05) is 49.1 Å². The predicted octanol–water partition coefficient (Wildman–Crippen LogP) is 5.18. The molecular weight excluding hydrogens is 268 g/mol. The summed E-state index contributed by atoms with van der Waals surface area (Å²) in [7, 11) is 0. The number of aromatic nitrogens is 2. The van der Waals surface area contributed by atoms with Crippen molar-refractivity contribution < 1.29 is 0 Å². The maximum absolute atomic E-state index is 4.37. The van der Waals surface area contributed by atoms with Gasteiger partial charge in [-0.2, -0.15) is 5.10 Å². The Kier molecular flexibility index (Phi) is 4.38. The van der Waals surface area contributed by atoms with Crippen molar-refractivity contribution in [1.29, 1.82) is 0 Å². The molecule has 0 radical (unpaired) electrons. The van der Waals surface area contributed by atoms with E-state index in [0.29, 0.717) is 0 Å². The van der Waals surface area contributed by atoms with Crippen LogP contribution in [0.2, 0.25) is 0 Å². The molecule has 0 bridgehead atoms. The Morgan fingerprint density at radius 2 is 1.95 bits per heavy atom. The molecule has 1 aliphatic rings. The van der Waals surface area contributed by atoms with Gasteiger partial charge >= 0.3 is 0 Å². The van der Waals surface area contributed by atoms with Gasteiger partial charge in [-0.25, -0.2) is 0 Å². The third kappa shape index (κ3) is 3.28. The van der Waals surface area contributed by atoms with E-state index in [-0.39, 0.29) is 0 Å². The van der Waals surface area contributed by atoms with Gasteiger partial charge in [0, 0.05) is 0 Å². The molecule has 1 aromatic heterocycles. The number of hydrogen-bond acceptors (Lipinski definition) is 1. The minimum Gasteiger partial charge on any atom is -0.277 e. The summed E-state index contributed by atoms with van der Waals surface area (Å²) in [6, 6.07) is 12.8. The monoisotopic (exact) mass is 290 g/mol. The normalized spacial score (nSPS) is 15.0. The lowest BCUT2D eigenvalue weighted by atomic mass is 9.95. The number of rotatable bonds is 4. The fourth-order valence-corrected chi connectivity index (χ4v) is 2.83. The van der Waals surface area contributed by atoms with Crippen LogP contribution in [0.1, 0.15) is 43.1 Å². The van der Waals surface area contributed by atoms with E-state index in [0.717, 1.165) is 36.2 Å². The molecule has 1 aromatic carbocycles. The van der Waals surface area contributed by atoms with E-state index in [1.807, 2.05) is 6.92 Å².